The average Bonchev–Trinajstić information content (AvgIpc) is 2.74. The maximum Gasteiger partial charge on any atom is 0.349 e. The lowest BCUT2D eigenvalue weighted by atomic mass is 10.2. The Kier molecular flexibility index (Phi) is 6.01. The molecule has 0 radical (unpaired) electrons. The molecule has 1 N–H and O–H groups in total. The molecule has 0 saturated heterocycles. The van der Waals surface area contributed by atoms with Crippen LogP contribution >= 0.6 is 34.2 Å². The molecule has 0 bridgehead atoms. The fourth-order valence-corrected chi connectivity index (χ4v) is 3.66. The zero-order valence-corrected chi connectivity index (χ0v) is 18.4. The molecule has 0 spiro atoms. The van der Waals surface area contributed by atoms with Crippen LogP contribution < -0.4 is 16.0 Å². The predicted octanol–water partition coefficient (Wildman–Crippen LogP) is 4.41. The Hall–Kier alpha value is -2.91. The molecule has 8 heteroatoms. The van der Waals surface area contributed by atoms with Crippen LogP contribution in [0, 0.1) is 3.57 Å². The maximum atomic E-state index is 12.5. The largest absolute Gasteiger partial charge is 0.488 e. The topological polar surface area (TPSA) is 76.5 Å². The number of ether oxygens (including phenoxy) is 1. The molecule has 0 aliphatic heterocycles. The van der Waals surface area contributed by atoms with Crippen LogP contribution in [0.4, 0.5) is 0 Å². The van der Waals surface area contributed by atoms with E-state index in [1.54, 1.807) is 24.3 Å². The summed E-state index contributed by atoms with van der Waals surface area (Å²) in [6.07, 6.45) is 1.47. The fraction of sp³-hybridized carbons (Fsp3) is 0.0455. The highest BCUT2D eigenvalue weighted by Crippen LogP contribution is 2.23. The van der Waals surface area contributed by atoms with Crippen LogP contribution in [-0.4, -0.2) is 15.9 Å². The van der Waals surface area contributed by atoms with Crippen molar-refractivity contribution in [3.8, 4) is 5.75 Å². The number of hydrogen-bond acceptors (Lipinski definition) is 4. The second kappa shape index (κ2) is 8.85. The van der Waals surface area contributed by atoms with Gasteiger partial charge >= 0.3 is 5.69 Å². The number of para-hydroxylation sites is 1. The Labute approximate surface area is 189 Å². The monoisotopic (exact) mass is 531 g/mol. The van der Waals surface area contributed by atoms with Crippen molar-refractivity contribution in [2.45, 2.75) is 6.61 Å². The smallest absolute Gasteiger partial charge is 0.349 e. The van der Waals surface area contributed by atoms with E-state index in [0.29, 0.717) is 22.5 Å². The summed E-state index contributed by atoms with van der Waals surface area (Å²) in [5.74, 6) is 0.725. The Morgan fingerprint density at radius 2 is 1.83 bits per heavy atom. The molecule has 150 valence electrons. The lowest BCUT2D eigenvalue weighted by molar-refractivity contribution is 0.304. The SMILES string of the molecule is O=c1[nH]c2ccccc2c(=O)n1N=Cc1ccc(OCc2ccc(Cl)cc2)c(I)c1. The number of nitrogens with one attached hydrogen (secondary N) is 1. The van der Waals surface area contributed by atoms with Crippen molar-refractivity contribution in [1.29, 1.82) is 0 Å². The summed E-state index contributed by atoms with van der Waals surface area (Å²) >= 11 is 8.07. The summed E-state index contributed by atoms with van der Waals surface area (Å²) in [7, 11) is 0. The van der Waals surface area contributed by atoms with Gasteiger partial charge in [-0.15, -0.1) is 4.68 Å². The van der Waals surface area contributed by atoms with Gasteiger partial charge in [-0.2, -0.15) is 5.10 Å². The van der Waals surface area contributed by atoms with E-state index in [4.69, 9.17) is 16.3 Å². The van der Waals surface area contributed by atoms with Crippen LogP contribution in [0.25, 0.3) is 10.9 Å². The Morgan fingerprint density at radius 1 is 1.07 bits per heavy atom. The molecule has 0 saturated carbocycles. The molecule has 0 aliphatic carbocycles. The third-order valence-corrected chi connectivity index (χ3v) is 5.46. The molecule has 0 fully saturated rings. The first-order valence-corrected chi connectivity index (χ1v) is 10.4. The molecule has 3 aromatic carbocycles. The van der Waals surface area contributed by atoms with Crippen LogP contribution in [-0.2, 0) is 6.61 Å². The molecule has 4 rings (SSSR count). The van der Waals surface area contributed by atoms with Crippen molar-refractivity contribution in [2.75, 3.05) is 0 Å². The fourth-order valence-electron chi connectivity index (χ4n) is 2.84. The Balaban J connectivity index is 1.54. The number of H-pyrrole nitrogens is 1. The zero-order chi connectivity index (χ0) is 21.1. The number of benzene rings is 3. The van der Waals surface area contributed by atoms with E-state index in [2.05, 4.69) is 32.7 Å². The molecule has 0 unspecified atom stereocenters. The minimum absolute atomic E-state index is 0.398. The number of nitrogens with zero attached hydrogens (tertiary/aromatic N) is 2. The van der Waals surface area contributed by atoms with Crippen molar-refractivity contribution in [3.05, 3.63) is 107 Å². The number of aromatic nitrogens is 2. The molecule has 0 aliphatic rings. The van der Waals surface area contributed by atoms with Crippen molar-refractivity contribution >= 4 is 51.3 Å². The Morgan fingerprint density at radius 3 is 2.60 bits per heavy atom. The van der Waals surface area contributed by atoms with Crippen LogP contribution in [0.15, 0.2) is 81.4 Å². The molecular formula is C22H15ClIN3O3. The van der Waals surface area contributed by atoms with Crippen molar-refractivity contribution in [1.82, 2.24) is 9.66 Å². The van der Waals surface area contributed by atoms with E-state index in [1.807, 2.05) is 42.5 Å². The molecule has 30 heavy (non-hydrogen) atoms. The quantitative estimate of drug-likeness (QED) is 0.306. The van der Waals surface area contributed by atoms with Gasteiger partial charge in [-0.1, -0.05) is 35.9 Å². The predicted molar refractivity (Wildman–Crippen MR) is 127 cm³/mol. The second-order valence-corrected chi connectivity index (χ2v) is 8.04. The second-order valence-electron chi connectivity index (χ2n) is 6.44. The van der Waals surface area contributed by atoms with Crippen molar-refractivity contribution < 1.29 is 4.74 Å². The van der Waals surface area contributed by atoms with E-state index >= 15 is 0 Å². The number of halogens is 2. The number of hydrogen-bond donors (Lipinski definition) is 1. The number of rotatable bonds is 5. The van der Waals surface area contributed by atoms with Gasteiger partial charge in [0.1, 0.15) is 12.4 Å². The molecule has 0 atom stereocenters. The highest BCUT2D eigenvalue weighted by Gasteiger charge is 2.06. The van der Waals surface area contributed by atoms with Crippen LogP contribution in [0.2, 0.25) is 5.02 Å². The molecule has 6 nitrogen and oxygen atoms in total. The minimum Gasteiger partial charge on any atom is -0.488 e. The maximum absolute atomic E-state index is 12.5. The highest BCUT2D eigenvalue weighted by atomic mass is 127. The first-order chi connectivity index (χ1) is 14.5. The van der Waals surface area contributed by atoms with E-state index in [1.165, 1.54) is 6.21 Å². The number of aromatic amines is 1. The van der Waals surface area contributed by atoms with Gasteiger partial charge in [0, 0.05) is 5.02 Å². The van der Waals surface area contributed by atoms with Gasteiger partial charge in [0.2, 0.25) is 0 Å². The third-order valence-electron chi connectivity index (χ3n) is 4.37. The van der Waals surface area contributed by atoms with Gasteiger partial charge in [-0.3, -0.25) is 4.79 Å². The molecular weight excluding hydrogens is 517 g/mol. The lowest BCUT2D eigenvalue weighted by Gasteiger charge is -2.09. The molecule has 1 aromatic heterocycles. The zero-order valence-electron chi connectivity index (χ0n) is 15.5. The van der Waals surface area contributed by atoms with Crippen LogP contribution in [0.5, 0.6) is 5.75 Å². The minimum atomic E-state index is -0.590. The molecule has 0 amide bonds. The van der Waals surface area contributed by atoms with E-state index < -0.39 is 11.2 Å². The van der Waals surface area contributed by atoms with Gasteiger partial charge in [0.05, 0.1) is 20.7 Å². The van der Waals surface area contributed by atoms with Crippen molar-refractivity contribution in [3.63, 3.8) is 0 Å². The summed E-state index contributed by atoms with van der Waals surface area (Å²) in [5.41, 5.74) is 1.17. The van der Waals surface area contributed by atoms with Gasteiger partial charge in [-0.05, 0) is 76.2 Å². The normalized spacial score (nSPS) is 11.3. The van der Waals surface area contributed by atoms with E-state index in [9.17, 15) is 9.59 Å². The highest BCUT2D eigenvalue weighted by molar-refractivity contribution is 14.1. The van der Waals surface area contributed by atoms with E-state index in [-0.39, 0.29) is 0 Å². The summed E-state index contributed by atoms with van der Waals surface area (Å²) in [6.45, 7) is 0.419. The summed E-state index contributed by atoms with van der Waals surface area (Å²) < 4.78 is 7.56. The lowest BCUT2D eigenvalue weighted by Crippen LogP contribution is -2.32. The van der Waals surface area contributed by atoms with E-state index in [0.717, 1.165) is 25.1 Å². The molecule has 4 aromatic rings. The summed E-state index contributed by atoms with van der Waals surface area (Å²) in [4.78, 5) is 27.4. The first kappa shape index (κ1) is 20.4. The molecule has 1 heterocycles. The van der Waals surface area contributed by atoms with Crippen LogP contribution in [0.3, 0.4) is 0 Å². The van der Waals surface area contributed by atoms with Gasteiger partial charge in [-0.25, -0.2) is 4.79 Å². The van der Waals surface area contributed by atoms with Crippen molar-refractivity contribution in [2.24, 2.45) is 5.10 Å². The Bertz CT molecular complexity index is 1360. The van der Waals surface area contributed by atoms with Gasteiger partial charge in [0.15, 0.2) is 0 Å². The third kappa shape index (κ3) is 4.47. The summed E-state index contributed by atoms with van der Waals surface area (Å²) in [6, 6.07) is 19.8. The summed E-state index contributed by atoms with van der Waals surface area (Å²) in [5, 5.41) is 5.16. The van der Waals surface area contributed by atoms with Crippen LogP contribution in [0.1, 0.15) is 11.1 Å². The number of fused-ring (bicyclic) bond motifs is 1. The van der Waals surface area contributed by atoms with Gasteiger partial charge < -0.3 is 9.72 Å². The average molecular weight is 532 g/mol. The van der Waals surface area contributed by atoms with Gasteiger partial charge in [0.25, 0.3) is 5.56 Å². The first-order valence-electron chi connectivity index (χ1n) is 8.96. The standard InChI is InChI=1S/C22H15ClIN3O3/c23-16-8-5-14(6-9-16)13-30-20-10-7-15(11-18(20)24)12-25-27-21(28)17-3-1-2-4-19(17)26-22(27)29/h1-12H,13H2,(H,26,29).